The average Bonchev–Trinajstić information content (AvgIpc) is 2.89. The van der Waals surface area contributed by atoms with Crippen molar-refractivity contribution in [1.29, 1.82) is 5.26 Å². The Morgan fingerprint density at radius 2 is 1.90 bits per heavy atom. The molecule has 0 N–H and O–H groups in total. The minimum absolute atomic E-state index is 0.0296. The second-order valence-electron chi connectivity index (χ2n) is 4.31. The zero-order chi connectivity index (χ0) is 15.0. The Kier molecular flexibility index (Phi) is 2.87. The Morgan fingerprint density at radius 3 is 2.62 bits per heavy atom. The van der Waals surface area contributed by atoms with E-state index >= 15 is 0 Å². The highest BCUT2D eigenvalue weighted by atomic mass is 19.4. The second-order valence-corrected chi connectivity index (χ2v) is 4.31. The van der Waals surface area contributed by atoms with Gasteiger partial charge in [-0.2, -0.15) is 18.4 Å². The lowest BCUT2D eigenvalue weighted by atomic mass is 10.1. The number of benzene rings is 1. The predicted octanol–water partition coefficient (Wildman–Crippen LogP) is 3.29. The van der Waals surface area contributed by atoms with Crippen molar-refractivity contribution < 1.29 is 13.2 Å². The van der Waals surface area contributed by atoms with Crippen molar-refractivity contribution in [2.24, 2.45) is 0 Å². The summed E-state index contributed by atoms with van der Waals surface area (Å²) in [5.74, 6) is -0.0296. The fraction of sp³-hybridized carbons (Fsp3) is 0.0714. The molecule has 0 aliphatic carbocycles. The number of hydrogen-bond donors (Lipinski definition) is 0. The number of fused-ring (bicyclic) bond motifs is 1. The lowest BCUT2D eigenvalue weighted by Crippen LogP contribution is -2.07. The smallest absolute Gasteiger partial charge is 0.220 e. The largest absolute Gasteiger partial charge is 0.417 e. The molecule has 0 aliphatic heterocycles. The van der Waals surface area contributed by atoms with E-state index in [9.17, 15) is 13.2 Å². The van der Waals surface area contributed by atoms with Crippen LogP contribution in [0.15, 0.2) is 42.6 Å². The van der Waals surface area contributed by atoms with Gasteiger partial charge in [0.1, 0.15) is 0 Å². The number of halogens is 3. The number of aromatic nitrogens is 3. The lowest BCUT2D eigenvalue weighted by molar-refractivity contribution is -0.137. The molecule has 4 nitrogen and oxygen atoms in total. The number of rotatable bonds is 1. The normalized spacial score (nSPS) is 11.5. The highest BCUT2D eigenvalue weighted by Crippen LogP contribution is 2.35. The van der Waals surface area contributed by atoms with Crippen molar-refractivity contribution in [3.05, 3.63) is 53.7 Å². The standard InChI is InChI=1S/C14H7F3N4/c15-14(16,17)11-4-2-1-3-10(11)13-19-12-7-9(8-18)5-6-21(12)20-13/h1-7H. The predicted molar refractivity (Wildman–Crippen MR) is 68.1 cm³/mol. The van der Waals surface area contributed by atoms with Gasteiger partial charge in [0.05, 0.1) is 17.2 Å². The first-order chi connectivity index (χ1) is 9.99. The van der Waals surface area contributed by atoms with Gasteiger partial charge in [-0.1, -0.05) is 18.2 Å². The van der Waals surface area contributed by atoms with Gasteiger partial charge in [0.2, 0.25) is 0 Å². The molecule has 0 aliphatic rings. The zero-order valence-corrected chi connectivity index (χ0v) is 10.5. The van der Waals surface area contributed by atoms with E-state index in [0.29, 0.717) is 11.2 Å². The molecule has 0 atom stereocenters. The molecule has 0 fully saturated rings. The molecular formula is C14H7F3N4. The van der Waals surface area contributed by atoms with E-state index in [1.807, 2.05) is 6.07 Å². The van der Waals surface area contributed by atoms with Crippen LogP contribution in [0.2, 0.25) is 0 Å². The van der Waals surface area contributed by atoms with Crippen LogP contribution in [-0.4, -0.2) is 14.6 Å². The molecular weight excluding hydrogens is 281 g/mol. The highest BCUT2D eigenvalue weighted by Gasteiger charge is 2.34. The molecule has 0 amide bonds. The van der Waals surface area contributed by atoms with Crippen molar-refractivity contribution in [1.82, 2.24) is 14.6 Å². The number of hydrogen-bond acceptors (Lipinski definition) is 3. The van der Waals surface area contributed by atoms with Crippen molar-refractivity contribution in [2.45, 2.75) is 6.18 Å². The van der Waals surface area contributed by atoms with Gasteiger partial charge in [0.15, 0.2) is 11.5 Å². The highest BCUT2D eigenvalue weighted by molar-refractivity contribution is 5.63. The summed E-state index contributed by atoms with van der Waals surface area (Å²) in [6, 6.07) is 10.0. The Bertz CT molecular complexity index is 859. The van der Waals surface area contributed by atoms with Gasteiger partial charge in [0, 0.05) is 17.8 Å². The quantitative estimate of drug-likeness (QED) is 0.690. The summed E-state index contributed by atoms with van der Waals surface area (Å²) in [5.41, 5.74) is -0.194. The third-order valence-corrected chi connectivity index (χ3v) is 2.94. The van der Waals surface area contributed by atoms with Crippen LogP contribution in [0.25, 0.3) is 17.0 Å². The van der Waals surface area contributed by atoms with Crippen LogP contribution in [0.3, 0.4) is 0 Å². The summed E-state index contributed by atoms with van der Waals surface area (Å²) in [7, 11) is 0. The SMILES string of the molecule is N#Cc1ccn2nc(-c3ccccc3C(F)(F)F)nc2c1. The second kappa shape index (κ2) is 4.59. The molecule has 21 heavy (non-hydrogen) atoms. The van der Waals surface area contributed by atoms with Crippen molar-refractivity contribution in [3.63, 3.8) is 0 Å². The fourth-order valence-electron chi connectivity index (χ4n) is 1.99. The van der Waals surface area contributed by atoms with Gasteiger partial charge < -0.3 is 0 Å². The molecule has 0 saturated heterocycles. The summed E-state index contributed by atoms with van der Waals surface area (Å²) in [5, 5.41) is 12.8. The Balaban J connectivity index is 2.20. The molecule has 0 spiro atoms. The summed E-state index contributed by atoms with van der Waals surface area (Å²) in [4.78, 5) is 4.07. The third-order valence-electron chi connectivity index (χ3n) is 2.94. The molecule has 2 heterocycles. The maximum absolute atomic E-state index is 13.0. The monoisotopic (exact) mass is 288 g/mol. The molecule has 104 valence electrons. The van der Waals surface area contributed by atoms with E-state index in [-0.39, 0.29) is 11.4 Å². The first kappa shape index (κ1) is 13.1. The van der Waals surface area contributed by atoms with Crippen LogP contribution in [0, 0.1) is 11.3 Å². The topological polar surface area (TPSA) is 54.0 Å². The molecule has 7 heteroatoms. The summed E-state index contributed by atoms with van der Waals surface area (Å²) in [6.07, 6.45) is -2.99. The van der Waals surface area contributed by atoms with E-state index in [1.165, 1.54) is 41.0 Å². The zero-order valence-electron chi connectivity index (χ0n) is 10.5. The van der Waals surface area contributed by atoms with Crippen LogP contribution >= 0.6 is 0 Å². The number of alkyl halides is 3. The van der Waals surface area contributed by atoms with E-state index in [1.54, 1.807) is 0 Å². The molecule has 0 unspecified atom stereocenters. The Morgan fingerprint density at radius 1 is 1.14 bits per heavy atom. The van der Waals surface area contributed by atoms with Crippen LogP contribution in [0.5, 0.6) is 0 Å². The van der Waals surface area contributed by atoms with Gasteiger partial charge in [-0.25, -0.2) is 9.50 Å². The summed E-state index contributed by atoms with van der Waals surface area (Å²) < 4.78 is 40.3. The van der Waals surface area contributed by atoms with Crippen LogP contribution in [0.4, 0.5) is 13.2 Å². The van der Waals surface area contributed by atoms with E-state index < -0.39 is 11.7 Å². The maximum Gasteiger partial charge on any atom is 0.417 e. The molecule has 3 aromatic rings. The van der Waals surface area contributed by atoms with Crippen LogP contribution in [0.1, 0.15) is 11.1 Å². The van der Waals surface area contributed by atoms with Crippen LogP contribution < -0.4 is 0 Å². The van der Waals surface area contributed by atoms with Crippen molar-refractivity contribution in [3.8, 4) is 17.5 Å². The third kappa shape index (κ3) is 2.31. The van der Waals surface area contributed by atoms with E-state index in [2.05, 4.69) is 10.1 Å². The first-order valence-electron chi connectivity index (χ1n) is 5.92. The Labute approximate surface area is 117 Å². The van der Waals surface area contributed by atoms with E-state index in [0.717, 1.165) is 6.07 Å². The van der Waals surface area contributed by atoms with Gasteiger partial charge >= 0.3 is 6.18 Å². The van der Waals surface area contributed by atoms with Gasteiger partial charge in [-0.3, -0.25) is 0 Å². The van der Waals surface area contributed by atoms with Crippen molar-refractivity contribution in [2.75, 3.05) is 0 Å². The summed E-state index contributed by atoms with van der Waals surface area (Å²) in [6.45, 7) is 0. The average molecular weight is 288 g/mol. The molecule has 1 aromatic carbocycles. The number of nitrogens with zero attached hydrogens (tertiary/aromatic N) is 4. The molecule has 2 aromatic heterocycles. The van der Waals surface area contributed by atoms with Gasteiger partial charge in [-0.05, 0) is 12.1 Å². The molecule has 0 bridgehead atoms. The number of pyridine rings is 1. The minimum atomic E-state index is -4.48. The minimum Gasteiger partial charge on any atom is -0.220 e. The van der Waals surface area contributed by atoms with Crippen molar-refractivity contribution >= 4 is 5.65 Å². The molecule has 3 rings (SSSR count). The number of nitriles is 1. The van der Waals surface area contributed by atoms with E-state index in [4.69, 9.17) is 5.26 Å². The van der Waals surface area contributed by atoms with Crippen LogP contribution in [-0.2, 0) is 6.18 Å². The fourth-order valence-corrected chi connectivity index (χ4v) is 1.99. The first-order valence-corrected chi connectivity index (χ1v) is 5.92. The molecule has 0 saturated carbocycles. The van der Waals surface area contributed by atoms with Gasteiger partial charge in [-0.15, -0.1) is 5.10 Å². The lowest BCUT2D eigenvalue weighted by Gasteiger charge is -2.09. The molecule has 0 radical (unpaired) electrons. The maximum atomic E-state index is 13.0. The van der Waals surface area contributed by atoms with Gasteiger partial charge in [0.25, 0.3) is 0 Å². The summed E-state index contributed by atoms with van der Waals surface area (Å²) >= 11 is 0. The Hall–Kier alpha value is -2.88.